The fraction of sp³-hybridized carbons (Fsp3) is 0.294. The van der Waals surface area contributed by atoms with E-state index in [2.05, 4.69) is 51.8 Å². The molecule has 0 spiro atoms. The lowest BCUT2D eigenvalue weighted by molar-refractivity contribution is 0.782. The smallest absolute Gasteiger partial charge is 0.191 e. The average molecular weight is 282 g/mol. The van der Waals surface area contributed by atoms with Gasteiger partial charge in [0.2, 0.25) is 0 Å². The molecule has 2 rings (SSSR count). The molecule has 0 amide bonds. The standard InChI is InChI=1S/C17H22N4/c1-14-7-3-4-8-15(14)13-21-17(18-2)20-12-10-16-9-5-6-11-19-16/h3-9,11H,10,12-13H2,1-2H3,(H2,18,20,21). The molecule has 0 saturated carbocycles. The number of nitrogens with zero attached hydrogens (tertiary/aromatic N) is 2. The van der Waals surface area contributed by atoms with E-state index in [0.29, 0.717) is 0 Å². The van der Waals surface area contributed by atoms with Crippen molar-refractivity contribution in [2.45, 2.75) is 19.9 Å². The van der Waals surface area contributed by atoms with Crippen LogP contribution in [0.4, 0.5) is 0 Å². The molecule has 2 aromatic rings. The fourth-order valence-electron chi connectivity index (χ4n) is 2.06. The quantitative estimate of drug-likeness (QED) is 0.653. The number of benzene rings is 1. The fourth-order valence-corrected chi connectivity index (χ4v) is 2.06. The zero-order valence-corrected chi connectivity index (χ0v) is 12.6. The van der Waals surface area contributed by atoms with Crippen LogP contribution in [0.5, 0.6) is 0 Å². The van der Waals surface area contributed by atoms with Crippen LogP contribution in [-0.2, 0) is 13.0 Å². The first-order valence-corrected chi connectivity index (χ1v) is 7.18. The summed E-state index contributed by atoms with van der Waals surface area (Å²) in [5.74, 6) is 0.814. The van der Waals surface area contributed by atoms with Crippen molar-refractivity contribution in [3.63, 3.8) is 0 Å². The molecule has 110 valence electrons. The summed E-state index contributed by atoms with van der Waals surface area (Å²) in [5.41, 5.74) is 3.65. The minimum absolute atomic E-state index is 0.774. The number of nitrogens with one attached hydrogen (secondary N) is 2. The molecule has 0 saturated heterocycles. The average Bonchev–Trinajstić information content (AvgIpc) is 2.53. The van der Waals surface area contributed by atoms with Gasteiger partial charge >= 0.3 is 0 Å². The summed E-state index contributed by atoms with van der Waals surface area (Å²) in [6.07, 6.45) is 2.70. The van der Waals surface area contributed by atoms with Gasteiger partial charge in [0.15, 0.2) is 5.96 Å². The van der Waals surface area contributed by atoms with Gasteiger partial charge in [0, 0.05) is 38.4 Å². The lowest BCUT2D eigenvalue weighted by Crippen LogP contribution is -2.38. The third kappa shape index (κ3) is 4.91. The van der Waals surface area contributed by atoms with E-state index in [1.165, 1.54) is 11.1 Å². The van der Waals surface area contributed by atoms with Crippen LogP contribution < -0.4 is 10.6 Å². The van der Waals surface area contributed by atoms with Crippen molar-refractivity contribution in [3.05, 3.63) is 65.5 Å². The molecule has 0 atom stereocenters. The van der Waals surface area contributed by atoms with Crippen LogP contribution in [-0.4, -0.2) is 24.5 Å². The molecule has 0 aliphatic rings. The predicted molar refractivity (Wildman–Crippen MR) is 87.3 cm³/mol. The van der Waals surface area contributed by atoms with Crippen LogP contribution in [0.3, 0.4) is 0 Å². The zero-order valence-electron chi connectivity index (χ0n) is 12.6. The summed E-state index contributed by atoms with van der Waals surface area (Å²) in [6.45, 7) is 3.70. The maximum absolute atomic E-state index is 4.31. The number of hydrogen-bond donors (Lipinski definition) is 2. The van der Waals surface area contributed by atoms with E-state index in [0.717, 1.165) is 31.2 Å². The van der Waals surface area contributed by atoms with Crippen LogP contribution in [0.2, 0.25) is 0 Å². The number of guanidine groups is 1. The van der Waals surface area contributed by atoms with Crippen LogP contribution in [0, 0.1) is 6.92 Å². The van der Waals surface area contributed by atoms with Crippen LogP contribution in [0.15, 0.2) is 53.7 Å². The Kier molecular flexibility index (Phi) is 5.76. The monoisotopic (exact) mass is 282 g/mol. The first-order valence-electron chi connectivity index (χ1n) is 7.18. The molecular weight excluding hydrogens is 260 g/mol. The van der Waals surface area contributed by atoms with Gasteiger partial charge in [0.25, 0.3) is 0 Å². The SMILES string of the molecule is CN=C(NCCc1ccccn1)NCc1ccccc1C. The molecule has 0 unspecified atom stereocenters. The van der Waals surface area contributed by atoms with Gasteiger partial charge in [-0.25, -0.2) is 0 Å². The van der Waals surface area contributed by atoms with Gasteiger partial charge in [-0.3, -0.25) is 9.98 Å². The van der Waals surface area contributed by atoms with Crippen molar-refractivity contribution in [1.82, 2.24) is 15.6 Å². The Morgan fingerprint density at radius 2 is 1.90 bits per heavy atom. The van der Waals surface area contributed by atoms with E-state index in [1.807, 2.05) is 24.4 Å². The number of aryl methyl sites for hydroxylation is 1. The van der Waals surface area contributed by atoms with Gasteiger partial charge in [-0.05, 0) is 30.2 Å². The van der Waals surface area contributed by atoms with E-state index in [1.54, 1.807) is 7.05 Å². The summed E-state index contributed by atoms with van der Waals surface area (Å²) >= 11 is 0. The molecule has 0 aliphatic heterocycles. The Morgan fingerprint density at radius 1 is 1.10 bits per heavy atom. The molecule has 21 heavy (non-hydrogen) atoms. The van der Waals surface area contributed by atoms with Crippen LogP contribution >= 0.6 is 0 Å². The number of rotatable bonds is 5. The van der Waals surface area contributed by atoms with E-state index < -0.39 is 0 Å². The third-order valence-corrected chi connectivity index (χ3v) is 3.33. The number of hydrogen-bond acceptors (Lipinski definition) is 2. The lowest BCUT2D eigenvalue weighted by Gasteiger charge is -2.13. The van der Waals surface area contributed by atoms with Gasteiger partial charge in [0.05, 0.1) is 0 Å². The molecule has 0 bridgehead atoms. The van der Waals surface area contributed by atoms with Crippen molar-refractivity contribution in [3.8, 4) is 0 Å². The molecule has 0 aliphatic carbocycles. The molecule has 0 radical (unpaired) electrons. The van der Waals surface area contributed by atoms with Gasteiger partial charge in [-0.15, -0.1) is 0 Å². The normalized spacial score (nSPS) is 11.2. The largest absolute Gasteiger partial charge is 0.356 e. The Morgan fingerprint density at radius 3 is 2.62 bits per heavy atom. The zero-order chi connectivity index (χ0) is 14.9. The van der Waals surface area contributed by atoms with E-state index >= 15 is 0 Å². The maximum Gasteiger partial charge on any atom is 0.191 e. The van der Waals surface area contributed by atoms with Gasteiger partial charge in [-0.1, -0.05) is 30.3 Å². The topological polar surface area (TPSA) is 49.3 Å². The highest BCUT2D eigenvalue weighted by atomic mass is 15.2. The Bertz CT molecular complexity index is 578. The van der Waals surface area contributed by atoms with Gasteiger partial charge < -0.3 is 10.6 Å². The highest BCUT2D eigenvalue weighted by Gasteiger charge is 2.00. The minimum atomic E-state index is 0.774. The van der Waals surface area contributed by atoms with Gasteiger partial charge in [0.1, 0.15) is 0 Å². The molecule has 2 N–H and O–H groups in total. The minimum Gasteiger partial charge on any atom is -0.356 e. The molecule has 1 aromatic carbocycles. The molecule has 1 heterocycles. The van der Waals surface area contributed by atoms with Crippen molar-refractivity contribution in [1.29, 1.82) is 0 Å². The van der Waals surface area contributed by atoms with Crippen LogP contribution in [0.1, 0.15) is 16.8 Å². The molecule has 0 fully saturated rings. The summed E-state index contributed by atoms with van der Waals surface area (Å²) in [5, 5.41) is 6.64. The lowest BCUT2D eigenvalue weighted by atomic mass is 10.1. The van der Waals surface area contributed by atoms with Crippen LogP contribution in [0.25, 0.3) is 0 Å². The highest BCUT2D eigenvalue weighted by molar-refractivity contribution is 5.79. The summed E-state index contributed by atoms with van der Waals surface area (Å²) < 4.78 is 0. The van der Waals surface area contributed by atoms with E-state index in [4.69, 9.17) is 0 Å². The van der Waals surface area contributed by atoms with Crippen molar-refractivity contribution < 1.29 is 0 Å². The first-order chi connectivity index (χ1) is 10.3. The second-order valence-electron chi connectivity index (χ2n) is 4.85. The van der Waals surface area contributed by atoms with Crippen molar-refractivity contribution in [2.24, 2.45) is 4.99 Å². The third-order valence-electron chi connectivity index (χ3n) is 3.33. The number of aliphatic imine (C=N–C) groups is 1. The Balaban J connectivity index is 1.78. The molecular formula is C17H22N4. The highest BCUT2D eigenvalue weighted by Crippen LogP contribution is 2.05. The van der Waals surface area contributed by atoms with E-state index in [9.17, 15) is 0 Å². The molecule has 1 aromatic heterocycles. The Hall–Kier alpha value is -2.36. The number of aromatic nitrogens is 1. The summed E-state index contributed by atoms with van der Waals surface area (Å²) in [7, 11) is 1.79. The maximum atomic E-state index is 4.31. The Labute approximate surface area is 126 Å². The summed E-state index contributed by atoms with van der Waals surface area (Å²) in [4.78, 5) is 8.54. The molecule has 4 heteroatoms. The van der Waals surface area contributed by atoms with Gasteiger partial charge in [-0.2, -0.15) is 0 Å². The second kappa shape index (κ2) is 8.04. The first kappa shape index (κ1) is 15.0. The predicted octanol–water partition coefficient (Wildman–Crippen LogP) is 2.30. The van der Waals surface area contributed by atoms with Crippen molar-refractivity contribution >= 4 is 5.96 Å². The second-order valence-corrected chi connectivity index (χ2v) is 4.85. The van der Waals surface area contributed by atoms with Crippen molar-refractivity contribution in [2.75, 3.05) is 13.6 Å². The van der Waals surface area contributed by atoms with E-state index in [-0.39, 0.29) is 0 Å². The number of pyridine rings is 1. The molecule has 4 nitrogen and oxygen atoms in total. The summed E-state index contributed by atoms with van der Waals surface area (Å²) in [6, 6.07) is 14.3.